The van der Waals surface area contributed by atoms with Gasteiger partial charge < -0.3 is 11.1 Å². The van der Waals surface area contributed by atoms with Crippen LogP contribution in [0.15, 0.2) is 30.6 Å². The molecule has 0 unspecified atom stereocenters. The van der Waals surface area contributed by atoms with Gasteiger partial charge in [0.2, 0.25) is 0 Å². The molecule has 0 atom stereocenters. The highest BCUT2D eigenvalue weighted by atomic mass is 15.3. The lowest BCUT2D eigenvalue weighted by Gasteiger charge is -2.01. The molecule has 0 aromatic carbocycles. The predicted molar refractivity (Wildman–Crippen MR) is 55.3 cm³/mol. The zero-order valence-electron chi connectivity index (χ0n) is 7.81. The lowest BCUT2D eigenvalue weighted by Crippen LogP contribution is -1.99. The molecule has 5 heteroatoms. The maximum atomic E-state index is 5.50. The summed E-state index contributed by atoms with van der Waals surface area (Å²) in [7, 11) is 1.85. The van der Waals surface area contributed by atoms with Gasteiger partial charge in [0.1, 0.15) is 5.82 Å². The predicted octanol–water partition coefficient (Wildman–Crippen LogP) is 0.891. The Morgan fingerprint density at radius 3 is 2.71 bits per heavy atom. The molecule has 5 nitrogen and oxygen atoms in total. The molecule has 0 radical (unpaired) electrons. The van der Waals surface area contributed by atoms with E-state index >= 15 is 0 Å². The van der Waals surface area contributed by atoms with Crippen LogP contribution < -0.4 is 11.1 Å². The van der Waals surface area contributed by atoms with Crippen molar-refractivity contribution in [2.45, 2.75) is 0 Å². The third kappa shape index (κ3) is 1.52. The Labute approximate surface area is 81.6 Å². The second-order valence-electron chi connectivity index (χ2n) is 2.84. The van der Waals surface area contributed by atoms with Crippen LogP contribution in [0, 0.1) is 0 Å². The van der Waals surface area contributed by atoms with Crippen molar-refractivity contribution in [1.82, 2.24) is 14.8 Å². The maximum absolute atomic E-state index is 5.50. The average Bonchev–Trinajstić information content (AvgIpc) is 2.65. The summed E-state index contributed by atoms with van der Waals surface area (Å²) in [6.45, 7) is 0. The molecule has 0 fully saturated rings. The summed E-state index contributed by atoms with van der Waals surface area (Å²) in [5.41, 5.74) is 6.47. The smallest absolute Gasteiger partial charge is 0.153 e. The molecule has 0 amide bonds. The Balaban J connectivity index is 2.33. The average molecular weight is 189 g/mol. The quantitative estimate of drug-likeness (QED) is 0.736. The largest absolute Gasteiger partial charge is 0.387 e. The lowest BCUT2D eigenvalue weighted by molar-refractivity contribution is 0.852. The van der Waals surface area contributed by atoms with Gasteiger partial charge >= 0.3 is 0 Å². The van der Waals surface area contributed by atoms with Crippen LogP contribution in [-0.2, 0) is 0 Å². The second-order valence-corrected chi connectivity index (χ2v) is 2.84. The summed E-state index contributed by atoms with van der Waals surface area (Å²) in [6.07, 6.45) is 3.52. The van der Waals surface area contributed by atoms with E-state index in [-0.39, 0.29) is 0 Å². The first-order valence-corrected chi connectivity index (χ1v) is 4.25. The molecule has 2 aromatic heterocycles. The fourth-order valence-corrected chi connectivity index (χ4v) is 1.14. The first kappa shape index (κ1) is 8.55. The first-order chi connectivity index (χ1) is 6.79. The highest BCUT2D eigenvalue weighted by Gasteiger charge is 1.98. The monoisotopic (exact) mass is 189 g/mol. The number of rotatable bonds is 2. The summed E-state index contributed by atoms with van der Waals surface area (Å²) in [6, 6.07) is 5.53. The minimum Gasteiger partial charge on any atom is -0.387 e. The Hall–Kier alpha value is -2.04. The minimum absolute atomic E-state index is 0.490. The maximum Gasteiger partial charge on any atom is 0.153 e. The van der Waals surface area contributed by atoms with Gasteiger partial charge in [0, 0.05) is 19.3 Å². The van der Waals surface area contributed by atoms with E-state index in [0.717, 1.165) is 11.5 Å². The topological polar surface area (TPSA) is 68.8 Å². The Kier molecular flexibility index (Phi) is 2.06. The van der Waals surface area contributed by atoms with Gasteiger partial charge in [-0.15, -0.1) is 5.10 Å². The molecule has 0 saturated heterocycles. The fraction of sp³-hybridized carbons (Fsp3) is 0.111. The number of nitrogens with zero attached hydrogens (tertiary/aromatic N) is 3. The van der Waals surface area contributed by atoms with Crippen molar-refractivity contribution >= 4 is 11.5 Å². The number of hydrogen-bond donors (Lipinski definition) is 2. The van der Waals surface area contributed by atoms with Gasteiger partial charge in [-0.05, 0) is 12.1 Å². The van der Waals surface area contributed by atoms with Gasteiger partial charge in [-0.3, -0.25) is 0 Å². The fourth-order valence-electron chi connectivity index (χ4n) is 1.14. The van der Waals surface area contributed by atoms with Crippen molar-refractivity contribution in [3.8, 4) is 5.82 Å². The summed E-state index contributed by atoms with van der Waals surface area (Å²) >= 11 is 0. The Morgan fingerprint density at radius 1 is 1.36 bits per heavy atom. The normalized spacial score (nSPS) is 10.1. The van der Waals surface area contributed by atoms with Crippen molar-refractivity contribution in [1.29, 1.82) is 0 Å². The Morgan fingerprint density at radius 2 is 2.21 bits per heavy atom. The van der Waals surface area contributed by atoms with E-state index in [2.05, 4.69) is 15.4 Å². The molecule has 2 heterocycles. The third-order valence-electron chi connectivity index (χ3n) is 1.88. The van der Waals surface area contributed by atoms with Crippen molar-refractivity contribution in [2.24, 2.45) is 0 Å². The van der Waals surface area contributed by atoms with E-state index < -0.39 is 0 Å². The number of hydrogen-bond acceptors (Lipinski definition) is 4. The van der Waals surface area contributed by atoms with Crippen molar-refractivity contribution in [2.75, 3.05) is 18.1 Å². The number of anilines is 2. The second kappa shape index (κ2) is 3.37. The number of nitrogens with two attached hydrogens (primary N) is 1. The molecule has 0 aliphatic rings. The molecule has 0 bridgehead atoms. The van der Waals surface area contributed by atoms with Gasteiger partial charge in [-0.25, -0.2) is 9.67 Å². The van der Waals surface area contributed by atoms with Crippen LogP contribution in [0.5, 0.6) is 0 Å². The summed E-state index contributed by atoms with van der Waals surface area (Å²) < 4.78 is 1.63. The van der Waals surface area contributed by atoms with Crippen LogP contribution >= 0.6 is 0 Å². The number of nitrogen functional groups attached to an aromatic ring is 1. The molecule has 0 aliphatic heterocycles. The van der Waals surface area contributed by atoms with Gasteiger partial charge in [-0.2, -0.15) is 0 Å². The van der Waals surface area contributed by atoms with Gasteiger partial charge in [0.15, 0.2) is 5.82 Å². The van der Waals surface area contributed by atoms with E-state index in [1.54, 1.807) is 23.1 Å². The minimum atomic E-state index is 0.490. The van der Waals surface area contributed by atoms with E-state index in [1.807, 2.05) is 19.2 Å². The summed E-state index contributed by atoms with van der Waals surface area (Å²) in [5, 5.41) is 7.04. The molecule has 72 valence electrons. The third-order valence-corrected chi connectivity index (χ3v) is 1.88. The van der Waals surface area contributed by atoms with E-state index in [0.29, 0.717) is 5.82 Å². The lowest BCUT2D eigenvalue weighted by atomic mass is 10.4. The molecule has 0 saturated carbocycles. The van der Waals surface area contributed by atoms with Crippen molar-refractivity contribution in [3.05, 3.63) is 30.6 Å². The zero-order valence-corrected chi connectivity index (χ0v) is 7.81. The van der Waals surface area contributed by atoms with Crippen LogP contribution in [-0.4, -0.2) is 21.8 Å². The number of nitrogens with one attached hydrogen (secondary N) is 1. The van der Waals surface area contributed by atoms with Crippen LogP contribution in [0.3, 0.4) is 0 Å². The first-order valence-electron chi connectivity index (χ1n) is 4.25. The molecule has 2 aromatic rings. The molecule has 3 N–H and O–H groups in total. The van der Waals surface area contributed by atoms with Gasteiger partial charge in [-0.1, -0.05) is 0 Å². The number of aromatic nitrogens is 3. The van der Waals surface area contributed by atoms with Crippen molar-refractivity contribution in [3.63, 3.8) is 0 Å². The van der Waals surface area contributed by atoms with Crippen LogP contribution in [0.2, 0.25) is 0 Å². The molecular formula is C9H11N5. The van der Waals surface area contributed by atoms with Gasteiger partial charge in [0.05, 0.1) is 11.9 Å². The highest BCUT2D eigenvalue weighted by molar-refractivity contribution is 5.43. The summed E-state index contributed by atoms with van der Waals surface area (Å²) in [5.74, 6) is 1.24. The molecule has 0 aliphatic carbocycles. The number of pyridine rings is 1. The molecule has 0 spiro atoms. The Bertz CT molecular complexity index is 417. The molecule has 14 heavy (non-hydrogen) atoms. The van der Waals surface area contributed by atoms with E-state index in [4.69, 9.17) is 5.73 Å². The zero-order chi connectivity index (χ0) is 9.97. The SMILES string of the molecule is CNc1ccc(-n2ccc(N)n2)nc1. The summed E-state index contributed by atoms with van der Waals surface area (Å²) in [4.78, 5) is 4.22. The molecular weight excluding hydrogens is 178 g/mol. The van der Waals surface area contributed by atoms with Crippen LogP contribution in [0.25, 0.3) is 5.82 Å². The van der Waals surface area contributed by atoms with Gasteiger partial charge in [0.25, 0.3) is 0 Å². The standard InChI is InChI=1S/C9H11N5/c1-11-7-2-3-9(12-6-7)14-5-4-8(10)13-14/h2-6,11H,1H3,(H2,10,13). The van der Waals surface area contributed by atoms with Crippen molar-refractivity contribution < 1.29 is 0 Å². The van der Waals surface area contributed by atoms with Crippen LogP contribution in [0.1, 0.15) is 0 Å². The molecule has 2 rings (SSSR count). The van der Waals surface area contributed by atoms with Crippen LogP contribution in [0.4, 0.5) is 11.5 Å². The highest BCUT2D eigenvalue weighted by Crippen LogP contribution is 2.09. The van der Waals surface area contributed by atoms with E-state index in [9.17, 15) is 0 Å². The van der Waals surface area contributed by atoms with E-state index in [1.165, 1.54) is 0 Å².